The molecule has 2 aromatic rings. The van der Waals surface area contributed by atoms with Gasteiger partial charge in [-0.05, 0) is 31.5 Å². The van der Waals surface area contributed by atoms with Gasteiger partial charge in [0.05, 0.1) is 16.4 Å². The van der Waals surface area contributed by atoms with Crippen molar-refractivity contribution in [1.29, 1.82) is 0 Å². The molecule has 1 N–H and O–H groups in total. The Morgan fingerprint density at radius 3 is 2.94 bits per heavy atom. The minimum Gasteiger partial charge on any atom is -0.355 e. The highest BCUT2D eigenvalue weighted by Crippen LogP contribution is 2.27. The summed E-state index contributed by atoms with van der Waals surface area (Å²) in [6.45, 7) is 4.99. The monoisotopic (exact) mass is 327 g/mol. The highest BCUT2D eigenvalue weighted by molar-refractivity contribution is 9.10. The topological polar surface area (TPSA) is 29.9 Å². The summed E-state index contributed by atoms with van der Waals surface area (Å²) in [5, 5.41) is 4.01. The van der Waals surface area contributed by atoms with E-state index in [1.807, 2.05) is 35.9 Å². The number of nitrogens with zero attached hydrogens (tertiary/aromatic N) is 2. The van der Waals surface area contributed by atoms with Crippen LogP contribution in [0.3, 0.4) is 0 Å². The lowest BCUT2D eigenvalue weighted by Crippen LogP contribution is -2.07. The minimum absolute atomic E-state index is 0.704. The van der Waals surface area contributed by atoms with Crippen LogP contribution in [0.15, 0.2) is 28.9 Å². The number of anilines is 1. The van der Waals surface area contributed by atoms with Gasteiger partial charge in [-0.2, -0.15) is 0 Å². The third-order valence-corrected chi connectivity index (χ3v) is 3.34. The van der Waals surface area contributed by atoms with Crippen LogP contribution in [0.4, 0.5) is 5.95 Å². The van der Waals surface area contributed by atoms with Crippen LogP contribution in [-0.2, 0) is 0 Å². The van der Waals surface area contributed by atoms with Crippen LogP contribution >= 0.6 is 27.5 Å². The number of benzene rings is 1. The molecule has 1 heterocycles. The molecule has 0 fully saturated rings. The molecule has 1 aromatic carbocycles. The highest BCUT2D eigenvalue weighted by atomic mass is 79.9. The second-order valence-electron chi connectivity index (χ2n) is 4.10. The van der Waals surface area contributed by atoms with Crippen molar-refractivity contribution in [2.45, 2.75) is 20.3 Å². The van der Waals surface area contributed by atoms with Gasteiger partial charge in [0, 0.05) is 17.2 Å². The van der Waals surface area contributed by atoms with Gasteiger partial charge in [0.15, 0.2) is 0 Å². The zero-order valence-electron chi connectivity index (χ0n) is 10.4. The number of aryl methyl sites for hydroxylation is 1. The third-order valence-electron chi connectivity index (χ3n) is 2.53. The van der Waals surface area contributed by atoms with Gasteiger partial charge >= 0.3 is 0 Å². The Hall–Kier alpha value is -1.000. The largest absolute Gasteiger partial charge is 0.355 e. The Labute approximate surface area is 120 Å². The number of hydrogen-bond donors (Lipinski definition) is 1. The lowest BCUT2D eigenvalue weighted by Gasteiger charge is -2.11. The molecule has 5 heteroatoms. The van der Waals surface area contributed by atoms with Crippen molar-refractivity contribution in [3.05, 3.63) is 39.6 Å². The van der Waals surface area contributed by atoms with Crippen molar-refractivity contribution < 1.29 is 0 Å². The molecule has 0 unspecified atom stereocenters. The summed E-state index contributed by atoms with van der Waals surface area (Å²) in [6, 6.07) is 5.79. The first-order valence-electron chi connectivity index (χ1n) is 5.87. The van der Waals surface area contributed by atoms with E-state index in [-0.39, 0.29) is 0 Å². The molecule has 0 amide bonds. The van der Waals surface area contributed by atoms with Gasteiger partial charge in [0.2, 0.25) is 5.95 Å². The van der Waals surface area contributed by atoms with Gasteiger partial charge in [-0.15, -0.1) is 0 Å². The maximum atomic E-state index is 6.25. The predicted octanol–water partition coefficient (Wildman–Crippen LogP) is 4.42. The molecule has 1 aromatic heterocycles. The number of hydrogen-bond acceptors (Lipinski definition) is 2. The number of nitrogens with one attached hydrogen (secondary N) is 1. The molecule has 2 rings (SSSR count). The van der Waals surface area contributed by atoms with Crippen LogP contribution in [0.25, 0.3) is 5.69 Å². The molecule has 0 saturated heterocycles. The summed E-state index contributed by atoms with van der Waals surface area (Å²) in [7, 11) is 0. The van der Waals surface area contributed by atoms with Crippen molar-refractivity contribution in [2.75, 3.05) is 11.9 Å². The molecule has 96 valence electrons. The zero-order valence-corrected chi connectivity index (χ0v) is 12.7. The standard InChI is InChI=1S/C13H15BrClN3/c1-3-6-16-13-17-9(2)8-18(13)12-7-10(14)4-5-11(12)15/h4-5,7-8H,3,6H2,1-2H3,(H,16,17). The van der Waals surface area contributed by atoms with Gasteiger partial charge in [-0.3, -0.25) is 4.57 Å². The summed E-state index contributed by atoms with van der Waals surface area (Å²) in [5.74, 6) is 0.828. The smallest absolute Gasteiger partial charge is 0.207 e. The summed E-state index contributed by atoms with van der Waals surface area (Å²) >= 11 is 9.71. The third kappa shape index (κ3) is 2.87. The van der Waals surface area contributed by atoms with Crippen molar-refractivity contribution in [1.82, 2.24) is 9.55 Å². The van der Waals surface area contributed by atoms with Crippen molar-refractivity contribution in [2.24, 2.45) is 0 Å². The maximum absolute atomic E-state index is 6.25. The van der Waals surface area contributed by atoms with Crippen LogP contribution in [0, 0.1) is 6.92 Å². The Kier molecular flexibility index (Phi) is 4.30. The van der Waals surface area contributed by atoms with Crippen LogP contribution < -0.4 is 5.32 Å². The van der Waals surface area contributed by atoms with Crippen LogP contribution in [0.5, 0.6) is 0 Å². The number of halogens is 2. The molecule has 0 bridgehead atoms. The SMILES string of the molecule is CCCNc1nc(C)cn1-c1cc(Br)ccc1Cl. The second-order valence-corrected chi connectivity index (χ2v) is 5.42. The Balaban J connectivity index is 2.45. The fourth-order valence-electron chi connectivity index (χ4n) is 1.71. The molecule has 0 aliphatic rings. The quantitative estimate of drug-likeness (QED) is 0.900. The fourth-order valence-corrected chi connectivity index (χ4v) is 2.27. The van der Waals surface area contributed by atoms with E-state index in [1.165, 1.54) is 0 Å². The molecule has 0 spiro atoms. The van der Waals surface area contributed by atoms with E-state index < -0.39 is 0 Å². The summed E-state index contributed by atoms with van der Waals surface area (Å²) < 4.78 is 2.98. The summed E-state index contributed by atoms with van der Waals surface area (Å²) in [4.78, 5) is 4.47. The van der Waals surface area contributed by atoms with E-state index in [1.54, 1.807) is 0 Å². The number of imidazole rings is 1. The first kappa shape index (κ1) is 13.4. The molecule has 0 atom stereocenters. The Morgan fingerprint density at radius 1 is 1.44 bits per heavy atom. The lowest BCUT2D eigenvalue weighted by molar-refractivity contribution is 0.936. The van der Waals surface area contributed by atoms with E-state index in [0.29, 0.717) is 5.02 Å². The molecular formula is C13H15BrClN3. The average Bonchev–Trinajstić information content (AvgIpc) is 2.71. The normalized spacial score (nSPS) is 10.7. The Morgan fingerprint density at radius 2 is 2.22 bits per heavy atom. The average molecular weight is 329 g/mol. The highest BCUT2D eigenvalue weighted by Gasteiger charge is 2.10. The molecule has 3 nitrogen and oxygen atoms in total. The van der Waals surface area contributed by atoms with Gasteiger partial charge < -0.3 is 5.32 Å². The molecule has 0 aliphatic heterocycles. The Bertz CT molecular complexity index is 551. The second kappa shape index (κ2) is 5.76. The van der Waals surface area contributed by atoms with Crippen LogP contribution in [-0.4, -0.2) is 16.1 Å². The zero-order chi connectivity index (χ0) is 13.1. The predicted molar refractivity (Wildman–Crippen MR) is 79.8 cm³/mol. The van der Waals surface area contributed by atoms with E-state index >= 15 is 0 Å². The van der Waals surface area contributed by atoms with Crippen LogP contribution in [0.1, 0.15) is 19.0 Å². The van der Waals surface area contributed by atoms with E-state index in [2.05, 4.69) is 33.2 Å². The molecule has 18 heavy (non-hydrogen) atoms. The number of aromatic nitrogens is 2. The van der Waals surface area contributed by atoms with Crippen LogP contribution in [0.2, 0.25) is 5.02 Å². The molecular weight excluding hydrogens is 314 g/mol. The molecule has 0 aliphatic carbocycles. The van der Waals surface area contributed by atoms with Gasteiger partial charge in [-0.1, -0.05) is 34.5 Å². The van der Waals surface area contributed by atoms with Crippen molar-refractivity contribution >= 4 is 33.5 Å². The summed E-state index contributed by atoms with van der Waals surface area (Å²) in [5.41, 5.74) is 1.88. The summed E-state index contributed by atoms with van der Waals surface area (Å²) in [6.07, 6.45) is 3.03. The van der Waals surface area contributed by atoms with E-state index in [9.17, 15) is 0 Å². The van der Waals surface area contributed by atoms with Crippen molar-refractivity contribution in [3.63, 3.8) is 0 Å². The number of rotatable bonds is 4. The first-order valence-corrected chi connectivity index (χ1v) is 7.04. The maximum Gasteiger partial charge on any atom is 0.207 e. The van der Waals surface area contributed by atoms with E-state index in [4.69, 9.17) is 11.6 Å². The minimum atomic E-state index is 0.704. The first-order chi connectivity index (χ1) is 8.61. The van der Waals surface area contributed by atoms with Gasteiger partial charge in [-0.25, -0.2) is 4.98 Å². The van der Waals surface area contributed by atoms with Gasteiger partial charge in [0.25, 0.3) is 0 Å². The molecule has 0 radical (unpaired) electrons. The van der Waals surface area contributed by atoms with Crippen molar-refractivity contribution in [3.8, 4) is 5.69 Å². The fraction of sp³-hybridized carbons (Fsp3) is 0.308. The molecule has 0 saturated carbocycles. The lowest BCUT2D eigenvalue weighted by atomic mass is 10.3. The van der Waals surface area contributed by atoms with E-state index in [0.717, 1.165) is 34.8 Å². The van der Waals surface area contributed by atoms with Gasteiger partial charge in [0.1, 0.15) is 0 Å².